The average Bonchev–Trinajstić information content (AvgIpc) is 3.00. The van der Waals surface area contributed by atoms with Crippen molar-refractivity contribution in [2.24, 2.45) is 0 Å². The van der Waals surface area contributed by atoms with E-state index in [1.807, 2.05) is 35.0 Å². The third-order valence-electron chi connectivity index (χ3n) is 2.98. The Kier molecular flexibility index (Phi) is 4.29. The fourth-order valence-corrected chi connectivity index (χ4v) is 2.83. The molecule has 2 aromatic heterocycles. The van der Waals surface area contributed by atoms with E-state index in [1.165, 1.54) is 11.8 Å². The van der Waals surface area contributed by atoms with Crippen LogP contribution in [0, 0.1) is 0 Å². The SMILES string of the molecule is COc1cccc(-n2ccnc2SCc2nc(N)nc(N)n2)c1. The summed E-state index contributed by atoms with van der Waals surface area (Å²) in [6.45, 7) is 0. The number of nitrogens with zero attached hydrogens (tertiary/aromatic N) is 5. The van der Waals surface area contributed by atoms with Gasteiger partial charge in [0.2, 0.25) is 11.9 Å². The molecule has 0 aliphatic carbocycles. The van der Waals surface area contributed by atoms with Gasteiger partial charge in [-0.05, 0) is 12.1 Å². The van der Waals surface area contributed by atoms with E-state index in [-0.39, 0.29) is 11.9 Å². The Bertz CT molecular complexity index is 800. The lowest BCUT2D eigenvalue weighted by Gasteiger charge is -2.09. The van der Waals surface area contributed by atoms with Crippen LogP contribution in [0.5, 0.6) is 5.75 Å². The Morgan fingerprint density at radius 3 is 2.70 bits per heavy atom. The van der Waals surface area contributed by atoms with Crippen LogP contribution >= 0.6 is 11.8 Å². The maximum atomic E-state index is 5.58. The molecule has 1 aromatic carbocycles. The van der Waals surface area contributed by atoms with Crippen LogP contribution in [-0.2, 0) is 5.75 Å². The van der Waals surface area contributed by atoms with Gasteiger partial charge in [-0.15, -0.1) is 0 Å². The lowest BCUT2D eigenvalue weighted by atomic mass is 10.3. The van der Waals surface area contributed by atoms with Crippen LogP contribution in [0.15, 0.2) is 41.8 Å². The van der Waals surface area contributed by atoms with Crippen LogP contribution in [0.4, 0.5) is 11.9 Å². The molecule has 0 fully saturated rings. The second-order valence-electron chi connectivity index (χ2n) is 4.54. The van der Waals surface area contributed by atoms with E-state index in [9.17, 15) is 0 Å². The third kappa shape index (κ3) is 3.51. The Morgan fingerprint density at radius 2 is 1.96 bits per heavy atom. The van der Waals surface area contributed by atoms with Crippen molar-refractivity contribution in [2.75, 3.05) is 18.6 Å². The lowest BCUT2D eigenvalue weighted by molar-refractivity contribution is 0.414. The van der Waals surface area contributed by atoms with Crippen LogP contribution in [0.1, 0.15) is 5.82 Å². The number of hydrogen-bond donors (Lipinski definition) is 2. The monoisotopic (exact) mass is 329 g/mol. The number of nitrogens with two attached hydrogens (primary N) is 2. The van der Waals surface area contributed by atoms with Crippen molar-refractivity contribution in [1.82, 2.24) is 24.5 Å². The molecule has 0 saturated carbocycles. The predicted octanol–water partition coefficient (Wildman–Crippen LogP) is 1.52. The van der Waals surface area contributed by atoms with Gasteiger partial charge in [0, 0.05) is 18.5 Å². The summed E-state index contributed by atoms with van der Waals surface area (Å²) in [5.74, 6) is 2.01. The molecular weight excluding hydrogens is 314 g/mol. The molecule has 0 amide bonds. The molecule has 118 valence electrons. The first-order valence-corrected chi connectivity index (χ1v) is 7.71. The number of hydrogen-bond acceptors (Lipinski definition) is 8. The van der Waals surface area contributed by atoms with Crippen LogP contribution in [0.25, 0.3) is 5.69 Å². The van der Waals surface area contributed by atoms with Crippen molar-refractivity contribution in [3.05, 3.63) is 42.5 Å². The number of thioether (sulfide) groups is 1. The summed E-state index contributed by atoms with van der Waals surface area (Å²) in [5.41, 5.74) is 12.1. The summed E-state index contributed by atoms with van der Waals surface area (Å²) in [6.07, 6.45) is 3.62. The Labute approximate surface area is 136 Å². The Balaban J connectivity index is 1.81. The first-order valence-electron chi connectivity index (χ1n) is 6.72. The van der Waals surface area contributed by atoms with Gasteiger partial charge in [-0.25, -0.2) is 4.98 Å². The van der Waals surface area contributed by atoms with E-state index in [0.717, 1.165) is 16.6 Å². The normalized spacial score (nSPS) is 10.7. The molecule has 0 atom stereocenters. The number of aromatic nitrogens is 5. The van der Waals surface area contributed by atoms with E-state index >= 15 is 0 Å². The molecule has 3 rings (SSSR count). The van der Waals surface area contributed by atoms with Gasteiger partial charge in [-0.1, -0.05) is 17.8 Å². The smallest absolute Gasteiger partial charge is 0.225 e. The highest BCUT2D eigenvalue weighted by Gasteiger charge is 2.09. The molecule has 0 saturated heterocycles. The van der Waals surface area contributed by atoms with Crippen LogP contribution in [0.2, 0.25) is 0 Å². The highest BCUT2D eigenvalue weighted by Crippen LogP contribution is 2.25. The quantitative estimate of drug-likeness (QED) is 0.676. The van der Waals surface area contributed by atoms with Gasteiger partial charge in [0.05, 0.1) is 18.6 Å². The number of anilines is 2. The van der Waals surface area contributed by atoms with Gasteiger partial charge < -0.3 is 16.2 Å². The molecule has 0 bridgehead atoms. The molecule has 23 heavy (non-hydrogen) atoms. The van der Waals surface area contributed by atoms with Crippen molar-refractivity contribution in [1.29, 1.82) is 0 Å². The van der Waals surface area contributed by atoms with Crippen LogP contribution < -0.4 is 16.2 Å². The molecule has 0 radical (unpaired) electrons. The van der Waals surface area contributed by atoms with Gasteiger partial charge in [-0.2, -0.15) is 15.0 Å². The number of benzene rings is 1. The van der Waals surface area contributed by atoms with E-state index in [1.54, 1.807) is 13.3 Å². The second kappa shape index (κ2) is 6.53. The topological polar surface area (TPSA) is 118 Å². The standard InChI is InChI=1S/C14H15N7OS/c1-22-10-4-2-3-9(7-10)21-6-5-17-14(21)23-8-11-18-12(15)20-13(16)19-11/h2-7H,8H2,1H3,(H4,15,16,18,19,20). The van der Waals surface area contributed by atoms with Gasteiger partial charge in [-0.3, -0.25) is 4.57 Å². The number of rotatable bonds is 5. The van der Waals surface area contributed by atoms with Crippen molar-refractivity contribution in [3.8, 4) is 11.4 Å². The lowest BCUT2D eigenvalue weighted by Crippen LogP contribution is -2.06. The number of imidazole rings is 1. The van der Waals surface area contributed by atoms with E-state index in [4.69, 9.17) is 16.2 Å². The minimum absolute atomic E-state index is 0.115. The first kappa shape index (κ1) is 15.1. The van der Waals surface area contributed by atoms with Crippen molar-refractivity contribution in [2.45, 2.75) is 10.9 Å². The summed E-state index contributed by atoms with van der Waals surface area (Å²) in [5, 5.41) is 0.802. The average molecular weight is 329 g/mol. The fourth-order valence-electron chi connectivity index (χ4n) is 2.00. The zero-order valence-corrected chi connectivity index (χ0v) is 13.2. The van der Waals surface area contributed by atoms with Gasteiger partial charge in [0.1, 0.15) is 11.6 Å². The van der Waals surface area contributed by atoms with Crippen molar-refractivity contribution >= 4 is 23.7 Å². The molecule has 0 aliphatic rings. The zero-order valence-electron chi connectivity index (χ0n) is 12.4. The summed E-state index contributed by atoms with van der Waals surface area (Å²) in [6, 6.07) is 7.73. The first-order chi connectivity index (χ1) is 11.2. The summed E-state index contributed by atoms with van der Waals surface area (Å²) < 4.78 is 7.21. The molecule has 2 heterocycles. The summed E-state index contributed by atoms with van der Waals surface area (Å²) in [4.78, 5) is 16.2. The predicted molar refractivity (Wildman–Crippen MR) is 88.3 cm³/mol. The number of nitrogen functional groups attached to an aromatic ring is 2. The Morgan fingerprint density at radius 1 is 1.17 bits per heavy atom. The van der Waals surface area contributed by atoms with Crippen LogP contribution in [-0.4, -0.2) is 31.6 Å². The Hall–Kier alpha value is -2.81. The van der Waals surface area contributed by atoms with E-state index in [2.05, 4.69) is 19.9 Å². The molecule has 0 unspecified atom stereocenters. The highest BCUT2D eigenvalue weighted by atomic mass is 32.2. The molecule has 9 heteroatoms. The maximum absolute atomic E-state index is 5.58. The van der Waals surface area contributed by atoms with E-state index in [0.29, 0.717) is 11.6 Å². The summed E-state index contributed by atoms with van der Waals surface area (Å²) in [7, 11) is 1.64. The minimum atomic E-state index is 0.115. The van der Waals surface area contributed by atoms with Crippen LogP contribution in [0.3, 0.4) is 0 Å². The molecule has 0 aliphatic heterocycles. The highest BCUT2D eigenvalue weighted by molar-refractivity contribution is 7.98. The molecular formula is C14H15N7OS. The van der Waals surface area contributed by atoms with E-state index < -0.39 is 0 Å². The van der Waals surface area contributed by atoms with Crippen molar-refractivity contribution in [3.63, 3.8) is 0 Å². The third-order valence-corrected chi connectivity index (χ3v) is 3.95. The molecule has 8 nitrogen and oxygen atoms in total. The number of ether oxygens (including phenoxy) is 1. The molecule has 3 aromatic rings. The minimum Gasteiger partial charge on any atom is -0.497 e. The maximum Gasteiger partial charge on any atom is 0.225 e. The van der Waals surface area contributed by atoms with Gasteiger partial charge in [0.25, 0.3) is 0 Å². The summed E-state index contributed by atoms with van der Waals surface area (Å²) >= 11 is 1.48. The molecule has 0 spiro atoms. The fraction of sp³-hybridized carbons (Fsp3) is 0.143. The second-order valence-corrected chi connectivity index (χ2v) is 5.48. The number of methoxy groups -OCH3 is 1. The van der Waals surface area contributed by atoms with Gasteiger partial charge in [0.15, 0.2) is 5.16 Å². The molecule has 4 N–H and O–H groups in total. The van der Waals surface area contributed by atoms with Crippen molar-refractivity contribution < 1.29 is 4.74 Å². The largest absolute Gasteiger partial charge is 0.497 e. The van der Waals surface area contributed by atoms with Gasteiger partial charge >= 0.3 is 0 Å². The zero-order chi connectivity index (χ0) is 16.2.